The summed E-state index contributed by atoms with van der Waals surface area (Å²) in [5.41, 5.74) is 1.10. The van der Waals surface area contributed by atoms with Gasteiger partial charge in [-0.2, -0.15) is 13.2 Å². The Bertz CT molecular complexity index is 576. The molecule has 0 saturated heterocycles. The molecule has 1 heterocycles. The van der Waals surface area contributed by atoms with Gasteiger partial charge in [-0.3, -0.25) is 0 Å². The number of nitrogens with one attached hydrogen (secondary N) is 1. The Morgan fingerprint density at radius 1 is 1.20 bits per heavy atom. The third kappa shape index (κ3) is 2.95. The standard InChI is InChI=1S/C14H13F3N2S/c15-14(16,17)11-8-18-13(20-11)19-12(10-6-7-10)9-4-2-1-3-5-9/h1-5,8,10,12H,6-7H2,(H,18,19). The molecule has 6 heteroatoms. The normalized spacial score (nSPS) is 16.9. The van der Waals surface area contributed by atoms with Gasteiger partial charge in [0.05, 0.1) is 12.2 Å². The summed E-state index contributed by atoms with van der Waals surface area (Å²) in [7, 11) is 0. The van der Waals surface area contributed by atoms with E-state index in [-0.39, 0.29) is 6.04 Å². The number of aromatic nitrogens is 1. The van der Waals surface area contributed by atoms with Crippen molar-refractivity contribution in [2.24, 2.45) is 5.92 Å². The maximum absolute atomic E-state index is 12.6. The van der Waals surface area contributed by atoms with E-state index in [4.69, 9.17) is 0 Å². The summed E-state index contributed by atoms with van der Waals surface area (Å²) in [5, 5.41) is 3.49. The first-order valence-electron chi connectivity index (χ1n) is 6.38. The van der Waals surface area contributed by atoms with Crippen LogP contribution in [0.2, 0.25) is 0 Å². The number of hydrogen-bond donors (Lipinski definition) is 1. The minimum Gasteiger partial charge on any atom is -0.354 e. The van der Waals surface area contributed by atoms with Gasteiger partial charge in [0.25, 0.3) is 0 Å². The van der Waals surface area contributed by atoms with Crippen molar-refractivity contribution in [3.8, 4) is 0 Å². The topological polar surface area (TPSA) is 24.9 Å². The number of thiazole rings is 1. The summed E-state index contributed by atoms with van der Waals surface area (Å²) in [6.07, 6.45) is -1.23. The first-order chi connectivity index (χ1) is 9.54. The molecule has 2 nitrogen and oxygen atoms in total. The highest BCUT2D eigenvalue weighted by Crippen LogP contribution is 2.44. The van der Waals surface area contributed by atoms with Crippen LogP contribution in [0.15, 0.2) is 36.5 Å². The molecule has 1 N–H and O–H groups in total. The molecule has 1 aromatic heterocycles. The number of alkyl halides is 3. The molecule has 3 rings (SSSR count). The minimum absolute atomic E-state index is 0.0448. The molecule has 0 bridgehead atoms. The molecular formula is C14H13F3N2S. The smallest absolute Gasteiger partial charge is 0.354 e. The molecule has 0 spiro atoms. The summed E-state index contributed by atoms with van der Waals surface area (Å²) in [6, 6.07) is 9.84. The summed E-state index contributed by atoms with van der Waals surface area (Å²) < 4.78 is 37.7. The second-order valence-corrected chi connectivity index (χ2v) is 5.93. The van der Waals surface area contributed by atoms with Gasteiger partial charge in [0, 0.05) is 0 Å². The molecule has 1 aromatic carbocycles. The van der Waals surface area contributed by atoms with Crippen molar-refractivity contribution >= 4 is 16.5 Å². The summed E-state index contributed by atoms with van der Waals surface area (Å²) in [4.78, 5) is 3.18. The number of hydrogen-bond acceptors (Lipinski definition) is 3. The Kier molecular flexibility index (Phi) is 3.41. The van der Waals surface area contributed by atoms with Gasteiger partial charge < -0.3 is 5.32 Å². The first-order valence-corrected chi connectivity index (χ1v) is 7.20. The van der Waals surface area contributed by atoms with Crippen molar-refractivity contribution in [1.29, 1.82) is 0 Å². The second kappa shape index (κ2) is 5.09. The Labute approximate surface area is 118 Å². The van der Waals surface area contributed by atoms with Crippen LogP contribution in [0.5, 0.6) is 0 Å². The Morgan fingerprint density at radius 3 is 2.45 bits per heavy atom. The first kappa shape index (κ1) is 13.4. The predicted octanol–water partition coefficient (Wildman–Crippen LogP) is 4.73. The number of halogens is 3. The number of benzene rings is 1. The van der Waals surface area contributed by atoms with Crippen LogP contribution in [0.4, 0.5) is 18.3 Å². The van der Waals surface area contributed by atoms with E-state index < -0.39 is 11.1 Å². The maximum Gasteiger partial charge on any atom is 0.427 e. The molecule has 1 atom stereocenters. The predicted molar refractivity (Wildman–Crippen MR) is 72.6 cm³/mol. The number of nitrogens with zero attached hydrogens (tertiary/aromatic N) is 1. The van der Waals surface area contributed by atoms with Gasteiger partial charge in [-0.25, -0.2) is 4.98 Å². The highest BCUT2D eigenvalue weighted by molar-refractivity contribution is 7.15. The van der Waals surface area contributed by atoms with E-state index in [2.05, 4.69) is 10.3 Å². The molecule has 106 valence electrons. The van der Waals surface area contributed by atoms with Crippen molar-refractivity contribution < 1.29 is 13.2 Å². The van der Waals surface area contributed by atoms with Gasteiger partial charge in [0.15, 0.2) is 5.13 Å². The quantitative estimate of drug-likeness (QED) is 0.883. The van der Waals surface area contributed by atoms with Crippen molar-refractivity contribution in [3.63, 3.8) is 0 Å². The van der Waals surface area contributed by atoms with Crippen molar-refractivity contribution in [3.05, 3.63) is 47.0 Å². The monoisotopic (exact) mass is 298 g/mol. The molecule has 1 aliphatic rings. The van der Waals surface area contributed by atoms with Crippen LogP contribution < -0.4 is 5.32 Å². The molecule has 1 saturated carbocycles. The average Bonchev–Trinajstić information content (AvgIpc) is 3.14. The van der Waals surface area contributed by atoms with E-state index >= 15 is 0 Å². The Morgan fingerprint density at radius 2 is 1.90 bits per heavy atom. The zero-order valence-electron chi connectivity index (χ0n) is 10.5. The largest absolute Gasteiger partial charge is 0.427 e. The lowest BCUT2D eigenvalue weighted by atomic mass is 10.0. The van der Waals surface area contributed by atoms with Crippen LogP contribution in [0.25, 0.3) is 0 Å². The van der Waals surface area contributed by atoms with Crippen LogP contribution in [0.1, 0.15) is 29.3 Å². The molecule has 20 heavy (non-hydrogen) atoms. The van der Waals surface area contributed by atoms with E-state index in [9.17, 15) is 13.2 Å². The van der Waals surface area contributed by atoms with Crippen molar-refractivity contribution in [2.45, 2.75) is 25.1 Å². The molecule has 0 amide bonds. The highest BCUT2D eigenvalue weighted by Gasteiger charge is 2.35. The molecule has 0 aliphatic heterocycles. The minimum atomic E-state index is -4.32. The molecule has 1 unspecified atom stereocenters. The fourth-order valence-electron chi connectivity index (χ4n) is 2.17. The van der Waals surface area contributed by atoms with Crippen LogP contribution in [0.3, 0.4) is 0 Å². The third-order valence-corrected chi connectivity index (χ3v) is 4.29. The summed E-state index contributed by atoms with van der Waals surface area (Å²) in [5.74, 6) is 0.482. The van der Waals surface area contributed by atoms with Crippen molar-refractivity contribution in [2.75, 3.05) is 5.32 Å². The van der Waals surface area contributed by atoms with Crippen LogP contribution >= 0.6 is 11.3 Å². The molecular weight excluding hydrogens is 285 g/mol. The van der Waals surface area contributed by atoms with Gasteiger partial charge in [-0.05, 0) is 24.3 Å². The fraction of sp³-hybridized carbons (Fsp3) is 0.357. The van der Waals surface area contributed by atoms with E-state index in [1.807, 2.05) is 30.3 Å². The van der Waals surface area contributed by atoms with Gasteiger partial charge in [0.2, 0.25) is 0 Å². The number of rotatable bonds is 4. The molecule has 1 fully saturated rings. The van der Waals surface area contributed by atoms with Gasteiger partial charge in [-0.1, -0.05) is 41.7 Å². The zero-order valence-corrected chi connectivity index (χ0v) is 11.3. The lowest BCUT2D eigenvalue weighted by Gasteiger charge is -2.18. The van der Waals surface area contributed by atoms with E-state index in [0.717, 1.165) is 24.6 Å². The fourth-order valence-corrected chi connectivity index (χ4v) is 2.89. The lowest BCUT2D eigenvalue weighted by Crippen LogP contribution is -2.12. The van der Waals surface area contributed by atoms with E-state index in [1.165, 1.54) is 0 Å². The van der Waals surface area contributed by atoms with Crippen LogP contribution in [0, 0.1) is 5.92 Å². The molecule has 0 radical (unpaired) electrons. The highest BCUT2D eigenvalue weighted by atomic mass is 32.1. The number of anilines is 1. The summed E-state index contributed by atoms with van der Waals surface area (Å²) in [6.45, 7) is 0. The van der Waals surface area contributed by atoms with Crippen LogP contribution in [-0.4, -0.2) is 4.98 Å². The van der Waals surface area contributed by atoms with Gasteiger partial charge in [0.1, 0.15) is 4.88 Å². The van der Waals surface area contributed by atoms with Gasteiger partial charge >= 0.3 is 6.18 Å². The van der Waals surface area contributed by atoms with Crippen LogP contribution in [-0.2, 0) is 6.18 Å². The zero-order chi connectivity index (χ0) is 14.2. The van der Waals surface area contributed by atoms with Gasteiger partial charge in [-0.15, -0.1) is 0 Å². The van der Waals surface area contributed by atoms with Crippen molar-refractivity contribution in [1.82, 2.24) is 4.98 Å². The maximum atomic E-state index is 12.6. The Hall–Kier alpha value is -1.56. The van der Waals surface area contributed by atoms with E-state index in [1.54, 1.807) is 0 Å². The second-order valence-electron chi connectivity index (χ2n) is 4.90. The lowest BCUT2D eigenvalue weighted by molar-refractivity contribution is -0.134. The summed E-state index contributed by atoms with van der Waals surface area (Å²) >= 11 is 0.661. The SMILES string of the molecule is FC(F)(F)c1cnc(NC(c2ccccc2)C2CC2)s1. The molecule has 2 aromatic rings. The molecule has 1 aliphatic carbocycles. The Balaban J connectivity index is 1.79. The third-order valence-electron chi connectivity index (χ3n) is 3.32. The van der Waals surface area contributed by atoms with E-state index in [0.29, 0.717) is 22.4 Å². The average molecular weight is 298 g/mol.